The lowest BCUT2D eigenvalue weighted by Gasteiger charge is -2.38. The van der Waals surface area contributed by atoms with Crippen LogP contribution in [0, 0.1) is 5.92 Å². The van der Waals surface area contributed by atoms with Crippen LogP contribution in [-0.4, -0.2) is 43.8 Å². The number of methoxy groups -OCH3 is 3. The number of rotatable bonds is 8. The van der Waals surface area contributed by atoms with Crippen LogP contribution in [-0.2, 0) is 17.8 Å². The van der Waals surface area contributed by atoms with Crippen molar-refractivity contribution in [2.24, 2.45) is 5.92 Å². The number of benzene rings is 3. The van der Waals surface area contributed by atoms with Crippen molar-refractivity contribution >= 4 is 5.91 Å². The monoisotopic (exact) mass is 491 g/mol. The average molecular weight is 492 g/mol. The van der Waals surface area contributed by atoms with Crippen molar-refractivity contribution in [2.75, 3.05) is 27.9 Å². The lowest BCUT2D eigenvalue weighted by atomic mass is 9.81. The number of phenols is 1. The molecule has 1 fully saturated rings. The maximum atomic E-state index is 13.6. The third-order valence-corrected chi connectivity index (χ3v) is 6.49. The van der Waals surface area contributed by atoms with Gasteiger partial charge in [0.25, 0.3) is 0 Å². The van der Waals surface area contributed by atoms with Crippen LogP contribution in [0.2, 0.25) is 0 Å². The summed E-state index contributed by atoms with van der Waals surface area (Å²) in [6.07, 6.45) is 1.30. The molecule has 3 aromatic rings. The minimum absolute atomic E-state index is 0.0927. The minimum Gasteiger partial charge on any atom is -0.504 e. The molecule has 0 saturated carbocycles. The van der Waals surface area contributed by atoms with Gasteiger partial charge >= 0.3 is 0 Å². The van der Waals surface area contributed by atoms with Gasteiger partial charge in [0.1, 0.15) is 0 Å². The highest BCUT2D eigenvalue weighted by Crippen LogP contribution is 2.38. The van der Waals surface area contributed by atoms with E-state index >= 15 is 0 Å². The number of hydrogen-bond acceptors (Lipinski definition) is 5. The summed E-state index contributed by atoms with van der Waals surface area (Å²) in [6, 6.07) is 21.3. The molecule has 1 heterocycles. The fraction of sp³-hybridized carbons (Fsp3) is 0.367. The number of amides is 1. The van der Waals surface area contributed by atoms with Gasteiger partial charge in [0.05, 0.1) is 21.3 Å². The number of nitrogens with zero attached hydrogens (tertiary/aromatic N) is 1. The molecule has 0 unspecified atom stereocenters. The molecule has 0 radical (unpaired) electrons. The van der Waals surface area contributed by atoms with E-state index in [-0.39, 0.29) is 23.5 Å². The first kappa shape index (κ1) is 26.9. The first-order valence-corrected chi connectivity index (χ1v) is 12.4. The van der Waals surface area contributed by atoms with Gasteiger partial charge in [-0.2, -0.15) is 0 Å². The van der Waals surface area contributed by atoms with Crippen LogP contribution < -0.4 is 14.2 Å². The van der Waals surface area contributed by atoms with E-state index in [2.05, 4.69) is 6.07 Å². The van der Waals surface area contributed by atoms with Gasteiger partial charge in [-0.05, 0) is 53.8 Å². The minimum atomic E-state index is -0.190. The summed E-state index contributed by atoms with van der Waals surface area (Å²) in [7, 11) is 4.79. The van der Waals surface area contributed by atoms with Crippen molar-refractivity contribution in [3.8, 4) is 23.0 Å². The molecule has 1 N–H and O–H groups in total. The zero-order chi connectivity index (χ0) is 26.1. The smallest absolute Gasteiger partial charge is 0.226 e. The molecule has 192 valence electrons. The highest BCUT2D eigenvalue weighted by Gasteiger charge is 2.35. The van der Waals surface area contributed by atoms with E-state index < -0.39 is 0 Å². The van der Waals surface area contributed by atoms with Gasteiger partial charge in [0.2, 0.25) is 5.91 Å². The normalized spacial score (nSPS) is 17.1. The molecule has 0 spiro atoms. The predicted octanol–water partition coefficient (Wildman–Crippen LogP) is 5.82. The van der Waals surface area contributed by atoms with Gasteiger partial charge in [-0.3, -0.25) is 4.79 Å². The summed E-state index contributed by atoms with van der Waals surface area (Å²) in [5.74, 6) is 1.99. The molecule has 1 amide bonds. The van der Waals surface area contributed by atoms with Crippen LogP contribution in [0.15, 0.2) is 66.7 Å². The number of phenolic OH excluding ortho intramolecular Hbond substituents is 1. The fourth-order valence-electron chi connectivity index (χ4n) is 4.73. The molecule has 1 saturated heterocycles. The van der Waals surface area contributed by atoms with E-state index in [1.165, 1.54) is 7.11 Å². The third-order valence-electron chi connectivity index (χ3n) is 6.49. The molecular weight excluding hydrogens is 454 g/mol. The number of carbonyl (C=O) groups is 1. The molecular formula is C30H37NO5. The van der Waals surface area contributed by atoms with Gasteiger partial charge in [-0.1, -0.05) is 56.3 Å². The van der Waals surface area contributed by atoms with Crippen LogP contribution in [0.5, 0.6) is 23.0 Å². The Labute approximate surface area is 214 Å². The maximum absolute atomic E-state index is 13.6. The molecule has 4 rings (SSSR count). The maximum Gasteiger partial charge on any atom is 0.226 e. The van der Waals surface area contributed by atoms with Crippen LogP contribution >= 0.6 is 0 Å². The first-order valence-electron chi connectivity index (χ1n) is 12.4. The number of ether oxygens (including phenoxy) is 3. The molecule has 36 heavy (non-hydrogen) atoms. The second-order valence-electron chi connectivity index (χ2n) is 8.66. The summed E-state index contributed by atoms with van der Waals surface area (Å²) >= 11 is 0. The largest absolute Gasteiger partial charge is 0.504 e. The first-order chi connectivity index (χ1) is 17.5. The van der Waals surface area contributed by atoms with Crippen molar-refractivity contribution in [1.29, 1.82) is 0 Å². The quantitative estimate of drug-likeness (QED) is 0.430. The van der Waals surface area contributed by atoms with Crippen LogP contribution in [0.3, 0.4) is 0 Å². The van der Waals surface area contributed by atoms with E-state index in [9.17, 15) is 9.90 Å². The summed E-state index contributed by atoms with van der Waals surface area (Å²) in [6.45, 7) is 5.21. The predicted molar refractivity (Wildman–Crippen MR) is 142 cm³/mol. The molecule has 0 aromatic heterocycles. The lowest BCUT2D eigenvalue weighted by molar-refractivity contribution is -0.139. The van der Waals surface area contributed by atoms with Crippen LogP contribution in [0.1, 0.15) is 42.9 Å². The highest BCUT2D eigenvalue weighted by molar-refractivity contribution is 5.80. The van der Waals surface area contributed by atoms with Gasteiger partial charge < -0.3 is 24.2 Å². The highest BCUT2D eigenvalue weighted by atomic mass is 16.5. The van der Waals surface area contributed by atoms with Gasteiger partial charge in [0.15, 0.2) is 23.0 Å². The Kier molecular flexibility index (Phi) is 9.62. The molecule has 3 aromatic carbocycles. The van der Waals surface area contributed by atoms with E-state index in [0.717, 1.165) is 23.1 Å². The Bertz CT molecular complexity index is 1130. The Hall–Kier alpha value is -3.67. The van der Waals surface area contributed by atoms with Crippen molar-refractivity contribution < 1.29 is 24.1 Å². The Morgan fingerprint density at radius 1 is 0.833 bits per heavy atom. The summed E-state index contributed by atoms with van der Waals surface area (Å²) in [5, 5.41) is 9.96. The zero-order valence-electron chi connectivity index (χ0n) is 21.9. The van der Waals surface area contributed by atoms with E-state index in [1.807, 2.05) is 73.3 Å². The van der Waals surface area contributed by atoms with E-state index in [1.54, 1.807) is 20.3 Å². The number of aromatic hydroxyl groups is 1. The van der Waals surface area contributed by atoms with Crippen molar-refractivity contribution in [2.45, 2.75) is 39.2 Å². The molecule has 6 heteroatoms. The topological polar surface area (TPSA) is 68.2 Å². The zero-order valence-corrected chi connectivity index (χ0v) is 21.9. The van der Waals surface area contributed by atoms with Crippen molar-refractivity contribution in [3.63, 3.8) is 0 Å². The molecule has 1 aliphatic heterocycles. The van der Waals surface area contributed by atoms with Gasteiger partial charge in [0, 0.05) is 24.9 Å². The van der Waals surface area contributed by atoms with Crippen molar-refractivity contribution in [1.82, 2.24) is 4.90 Å². The van der Waals surface area contributed by atoms with E-state index in [4.69, 9.17) is 14.2 Å². The number of likely N-dealkylation sites (tertiary alicyclic amines) is 1. The SMILES string of the molecule is CC.COc1cc(C[C@H]2C[C@@H](c3ccc(OC)c(OC)c3)CN(Cc3ccccc3)C2=O)ccc1O. The Balaban J connectivity index is 0.00000176. The second kappa shape index (κ2) is 12.9. The number of piperidine rings is 1. The summed E-state index contributed by atoms with van der Waals surface area (Å²) in [5.41, 5.74) is 3.19. The summed E-state index contributed by atoms with van der Waals surface area (Å²) < 4.78 is 16.2. The molecule has 0 aliphatic carbocycles. The van der Waals surface area contributed by atoms with Crippen LogP contribution in [0.25, 0.3) is 0 Å². The number of carbonyl (C=O) groups excluding carboxylic acids is 1. The molecule has 1 aliphatic rings. The van der Waals surface area contributed by atoms with Crippen LogP contribution in [0.4, 0.5) is 0 Å². The summed E-state index contributed by atoms with van der Waals surface area (Å²) in [4.78, 5) is 15.5. The number of hydrogen-bond donors (Lipinski definition) is 1. The van der Waals surface area contributed by atoms with Gasteiger partial charge in [-0.15, -0.1) is 0 Å². The standard InChI is InChI=1S/C28H31NO5.C2H6/c1-32-25-12-10-21(16-27(25)34-3)23-15-22(13-20-9-11-24(30)26(14-20)33-2)28(31)29(18-23)17-19-7-5-4-6-8-19;1-2/h4-12,14,16,22-23,30H,13,15,17-18H2,1-3H3;1-2H3/t22-,23+;/m0./s1. The third kappa shape index (κ3) is 6.30. The van der Waals surface area contributed by atoms with Gasteiger partial charge in [-0.25, -0.2) is 0 Å². The lowest BCUT2D eigenvalue weighted by Crippen LogP contribution is -2.44. The van der Waals surface area contributed by atoms with E-state index in [0.29, 0.717) is 36.8 Å². The molecule has 2 atom stereocenters. The molecule has 6 nitrogen and oxygen atoms in total. The second-order valence-corrected chi connectivity index (χ2v) is 8.66. The Morgan fingerprint density at radius 3 is 2.19 bits per heavy atom. The fourth-order valence-corrected chi connectivity index (χ4v) is 4.73. The Morgan fingerprint density at radius 2 is 1.53 bits per heavy atom. The van der Waals surface area contributed by atoms with Crippen molar-refractivity contribution in [3.05, 3.63) is 83.4 Å². The average Bonchev–Trinajstić information content (AvgIpc) is 2.93. The molecule has 0 bridgehead atoms.